The minimum atomic E-state index is -1.33. The van der Waals surface area contributed by atoms with E-state index in [4.69, 9.17) is 48.9 Å². The second-order valence-electron chi connectivity index (χ2n) is 14.1. The summed E-state index contributed by atoms with van der Waals surface area (Å²) in [6, 6.07) is 6.02. The van der Waals surface area contributed by atoms with Crippen LogP contribution in [0.1, 0.15) is 122 Å². The highest BCUT2D eigenvalue weighted by Crippen LogP contribution is 2.57. The van der Waals surface area contributed by atoms with E-state index in [0.717, 1.165) is 25.7 Å². The van der Waals surface area contributed by atoms with Gasteiger partial charge in [0.1, 0.15) is 0 Å². The van der Waals surface area contributed by atoms with Gasteiger partial charge in [-0.2, -0.15) is 20.0 Å². The number of amides is 3. The number of rotatable bonds is 14. The maximum atomic E-state index is 14.7. The van der Waals surface area contributed by atoms with E-state index in [1.165, 1.54) is 9.80 Å². The number of unbranched alkanes of at least 4 members (excludes halogenated alkanes) is 2. The highest BCUT2D eigenvalue weighted by atomic mass is 32.1. The Morgan fingerprint density at radius 2 is 0.964 bits per heavy atom. The number of nitrogens with zero attached hydrogens (tertiary/aromatic N) is 6. The molecule has 0 radical (unpaired) electrons. The van der Waals surface area contributed by atoms with Crippen molar-refractivity contribution >= 4 is 153 Å². The second-order valence-corrected chi connectivity index (χ2v) is 14.8. The second kappa shape index (κ2) is 16.0. The molecule has 0 spiro atoms. The van der Waals surface area contributed by atoms with Crippen LogP contribution in [0.15, 0.2) is 44.2 Å². The summed E-state index contributed by atoms with van der Waals surface area (Å²) in [7, 11) is 0. The van der Waals surface area contributed by atoms with Crippen molar-refractivity contribution in [2.75, 3.05) is 0 Å². The molecule has 56 heavy (non-hydrogen) atoms. The Morgan fingerprint density at radius 1 is 0.571 bits per heavy atom. The molecule has 1 N–H and O–H groups in total. The van der Waals surface area contributed by atoms with Gasteiger partial charge < -0.3 is 10.0 Å². The molecule has 7 rings (SSSR count). The fourth-order valence-corrected chi connectivity index (χ4v) is 9.29. The van der Waals surface area contributed by atoms with E-state index < -0.39 is 18.0 Å². The zero-order valence-corrected chi connectivity index (χ0v) is 34.5. The van der Waals surface area contributed by atoms with Crippen LogP contribution in [0.25, 0.3) is 43.1 Å². The van der Waals surface area contributed by atoms with Crippen molar-refractivity contribution in [2.24, 2.45) is 20.0 Å². The summed E-state index contributed by atoms with van der Waals surface area (Å²) in [6.45, 7) is 8.10. The number of thiocarbonyl (C=S) groups is 4. The third-order valence-corrected chi connectivity index (χ3v) is 11.7. The van der Waals surface area contributed by atoms with Crippen LogP contribution in [-0.4, -0.2) is 65.4 Å². The zero-order valence-electron chi connectivity index (χ0n) is 31.2. The number of fused-ring (bicyclic) bond motifs is 2. The van der Waals surface area contributed by atoms with Crippen LogP contribution in [0.3, 0.4) is 0 Å². The summed E-state index contributed by atoms with van der Waals surface area (Å²) in [5.41, 5.74) is 2.36. The van der Waals surface area contributed by atoms with Crippen molar-refractivity contribution in [3.05, 3.63) is 46.5 Å². The average molecular weight is 817 g/mol. The molecule has 2 aliphatic heterocycles. The highest BCUT2D eigenvalue weighted by Gasteiger charge is 2.42. The summed E-state index contributed by atoms with van der Waals surface area (Å²) < 4.78 is 0. The van der Waals surface area contributed by atoms with Crippen LogP contribution in [0.5, 0.6) is 0 Å². The number of imide groups is 1. The van der Waals surface area contributed by atoms with Crippen LogP contribution in [0, 0.1) is 0 Å². The Morgan fingerprint density at radius 3 is 1.38 bits per heavy atom. The lowest BCUT2D eigenvalue weighted by atomic mass is 9.79. The fraction of sp³-hybridized carbons (Fsp3) is 0.357. The number of aliphatic imine (C=N–C) groups is 4. The fourth-order valence-electron chi connectivity index (χ4n) is 8.90. The molecule has 0 saturated carbocycles. The van der Waals surface area contributed by atoms with Crippen molar-refractivity contribution in [3.63, 3.8) is 0 Å². The molecule has 0 saturated heterocycles. The SMILES string of the molecule is CCCCC(CC)N1C(=O)c2cc(N=C=S)c3c4c(N=C=S)cc5c6c(cc(N=C=S)c(c7c(N=C=S)cc(c2c37)C1=O)c64)C(O)N(C(CC)CCCC)C5=O. The summed E-state index contributed by atoms with van der Waals surface area (Å²) >= 11 is 20.7. The minimum Gasteiger partial charge on any atom is -0.369 e. The van der Waals surface area contributed by atoms with Gasteiger partial charge in [0.15, 0.2) is 6.23 Å². The lowest BCUT2D eigenvalue weighted by molar-refractivity contribution is -0.0185. The molecule has 2 heterocycles. The summed E-state index contributed by atoms with van der Waals surface area (Å²) in [6.07, 6.45) is 4.74. The van der Waals surface area contributed by atoms with Crippen molar-refractivity contribution in [2.45, 2.75) is 97.4 Å². The Labute approximate surface area is 344 Å². The molecule has 10 nitrogen and oxygen atoms in total. The lowest BCUT2D eigenvalue weighted by Crippen LogP contribution is -2.47. The van der Waals surface area contributed by atoms with Gasteiger partial charge in [-0.1, -0.05) is 53.4 Å². The standard InChI is InChI=1S/C42H36N6O4S4/c1-5-9-11-21(7-3)47-39(49)23-13-27(43-17-53)33-35-29(45-19-55)15-25-32-26(42(52)48(41(25)51)22(8-4)12-10-6-2)16-30(46-20-56)36(38(32)35)34-28(44-18-54)14-24(40(47)50)31(23)37(33)34/h13-16,21-22,39,49H,5-12H2,1-4H3. The predicted octanol–water partition coefficient (Wildman–Crippen LogP) is 11.7. The summed E-state index contributed by atoms with van der Waals surface area (Å²) in [5.74, 6) is -1.28. The van der Waals surface area contributed by atoms with E-state index in [-0.39, 0.29) is 46.2 Å². The summed E-state index contributed by atoms with van der Waals surface area (Å²) in [4.78, 5) is 64.9. The first-order valence-corrected chi connectivity index (χ1v) is 20.4. The van der Waals surface area contributed by atoms with E-state index in [1.807, 2.05) is 13.8 Å². The third-order valence-electron chi connectivity index (χ3n) is 11.3. The molecule has 14 heteroatoms. The Bertz CT molecular complexity index is 2650. The topological polar surface area (TPSA) is 127 Å². The Balaban J connectivity index is 1.76. The van der Waals surface area contributed by atoms with E-state index in [2.05, 4.69) is 54.5 Å². The largest absolute Gasteiger partial charge is 0.369 e. The monoisotopic (exact) mass is 816 g/mol. The van der Waals surface area contributed by atoms with Crippen molar-refractivity contribution in [1.29, 1.82) is 0 Å². The molecule has 282 valence electrons. The van der Waals surface area contributed by atoms with Crippen LogP contribution < -0.4 is 0 Å². The quantitative estimate of drug-likeness (QED) is 0.0386. The van der Waals surface area contributed by atoms with Crippen LogP contribution in [0.2, 0.25) is 0 Å². The normalized spacial score (nSPS) is 15.9. The van der Waals surface area contributed by atoms with Gasteiger partial charge >= 0.3 is 0 Å². The Hall–Kier alpha value is -4.83. The molecule has 0 bridgehead atoms. The van der Waals surface area contributed by atoms with Crippen LogP contribution >= 0.6 is 48.9 Å². The van der Waals surface area contributed by atoms with Crippen molar-refractivity contribution < 1.29 is 19.5 Å². The molecule has 5 aromatic rings. The van der Waals surface area contributed by atoms with Crippen LogP contribution in [-0.2, 0) is 0 Å². The lowest BCUT2D eigenvalue weighted by Gasteiger charge is -2.40. The number of aliphatic hydroxyl groups excluding tert-OH is 1. The van der Waals surface area contributed by atoms with E-state index in [1.54, 1.807) is 24.3 Å². The van der Waals surface area contributed by atoms with Crippen molar-refractivity contribution in [1.82, 2.24) is 9.80 Å². The predicted molar refractivity (Wildman–Crippen MR) is 235 cm³/mol. The molecule has 0 aromatic heterocycles. The van der Waals surface area contributed by atoms with Crippen LogP contribution in [0.4, 0.5) is 22.7 Å². The van der Waals surface area contributed by atoms with Gasteiger partial charge in [-0.25, -0.2) is 0 Å². The zero-order chi connectivity index (χ0) is 40.0. The van der Waals surface area contributed by atoms with Gasteiger partial charge in [-0.3, -0.25) is 19.3 Å². The first kappa shape index (κ1) is 39.4. The average Bonchev–Trinajstić information content (AvgIpc) is 3.19. The minimum absolute atomic E-state index is 0.254. The Kier molecular flexibility index (Phi) is 11.2. The van der Waals surface area contributed by atoms with Gasteiger partial charge in [0.05, 0.1) is 60.1 Å². The van der Waals surface area contributed by atoms with Crippen molar-refractivity contribution in [3.8, 4) is 0 Å². The number of benzene rings is 5. The molecular weight excluding hydrogens is 781 g/mol. The van der Waals surface area contributed by atoms with Gasteiger partial charge in [-0.05, 0) is 98.8 Å². The molecule has 0 fully saturated rings. The molecule has 2 aliphatic rings. The molecule has 3 amide bonds. The highest BCUT2D eigenvalue weighted by molar-refractivity contribution is 7.78. The number of carbonyl (C=O) groups excluding carboxylic acids is 3. The van der Waals surface area contributed by atoms with Gasteiger partial charge in [0, 0.05) is 60.7 Å². The van der Waals surface area contributed by atoms with Gasteiger partial charge in [-0.15, -0.1) is 0 Å². The number of aliphatic hydroxyl groups is 1. The number of hydrogen-bond acceptors (Lipinski definition) is 12. The smallest absolute Gasteiger partial charge is 0.261 e. The molecular formula is C42H36N6O4S4. The molecule has 0 aliphatic carbocycles. The van der Waals surface area contributed by atoms with E-state index in [9.17, 15) is 19.5 Å². The molecule has 3 unspecified atom stereocenters. The summed E-state index contributed by atoms with van der Waals surface area (Å²) in [5, 5.41) is 25.7. The van der Waals surface area contributed by atoms with E-state index in [0.29, 0.717) is 85.6 Å². The van der Waals surface area contributed by atoms with Gasteiger partial charge in [0.25, 0.3) is 17.7 Å². The number of isothiocyanates is 4. The third kappa shape index (κ3) is 5.89. The molecule has 5 aromatic carbocycles. The van der Waals surface area contributed by atoms with E-state index >= 15 is 0 Å². The van der Waals surface area contributed by atoms with Gasteiger partial charge in [0.2, 0.25) is 0 Å². The molecule has 3 atom stereocenters. The maximum Gasteiger partial charge on any atom is 0.261 e. The first-order chi connectivity index (χ1) is 27.2. The maximum absolute atomic E-state index is 14.7. The number of hydrogen-bond donors (Lipinski definition) is 1. The first-order valence-electron chi connectivity index (χ1n) is 18.7. The number of carbonyl (C=O) groups is 3.